The molecule has 0 fully saturated rings. The third kappa shape index (κ3) is 5.51. The smallest absolute Gasteiger partial charge is 0.337 e. The Morgan fingerprint density at radius 2 is 1.69 bits per heavy atom. The van der Waals surface area contributed by atoms with Crippen molar-refractivity contribution in [3.05, 3.63) is 29.8 Å². The van der Waals surface area contributed by atoms with E-state index in [0.717, 1.165) is 0 Å². The number of aromatic carboxylic acids is 1. The Bertz CT molecular complexity index is 744. The highest BCUT2D eigenvalue weighted by Crippen LogP contribution is 2.20. The third-order valence-electron chi connectivity index (χ3n) is 3.14. The van der Waals surface area contributed by atoms with Gasteiger partial charge in [-0.05, 0) is 12.1 Å². The second-order valence-corrected chi connectivity index (χ2v) is 5.15. The number of benzene rings is 1. The molecule has 1 atom stereocenters. The van der Waals surface area contributed by atoms with Crippen LogP contribution in [0.15, 0.2) is 24.3 Å². The van der Waals surface area contributed by atoms with Crippen LogP contribution in [0.5, 0.6) is 0 Å². The van der Waals surface area contributed by atoms with Gasteiger partial charge in [-0.25, -0.2) is 4.79 Å². The van der Waals surface area contributed by atoms with Gasteiger partial charge in [0.2, 0.25) is 17.8 Å². The Kier molecular flexibility index (Phi) is 7.02. The number of hydrogen-bond acceptors (Lipinski definition) is 10. The van der Waals surface area contributed by atoms with Crippen molar-refractivity contribution in [2.24, 2.45) is 0 Å². The van der Waals surface area contributed by atoms with Gasteiger partial charge in [0.05, 0.1) is 30.6 Å². The maximum atomic E-state index is 11.3. The minimum absolute atomic E-state index is 0.00507. The predicted molar refractivity (Wildman–Crippen MR) is 93.7 cm³/mol. The molecule has 0 saturated heterocycles. The van der Waals surface area contributed by atoms with E-state index in [4.69, 9.17) is 10.2 Å². The molecule has 0 radical (unpaired) electrons. The lowest BCUT2D eigenvalue weighted by Crippen LogP contribution is -2.24. The summed E-state index contributed by atoms with van der Waals surface area (Å²) in [5.41, 5.74) is 0.337. The number of anilines is 4. The number of nitrogens with zero attached hydrogens (tertiary/aromatic N) is 3. The highest BCUT2D eigenvalue weighted by Gasteiger charge is 2.13. The van der Waals surface area contributed by atoms with Crippen LogP contribution in [0.2, 0.25) is 0 Å². The Hall–Kier alpha value is -3.02. The SMILES string of the molecule is O=C(O)c1ccccc1Nc1nc(NCCO)nc(NCC(O)CO)n1. The first-order chi connectivity index (χ1) is 12.5. The average Bonchev–Trinajstić information content (AvgIpc) is 2.64. The fourth-order valence-electron chi connectivity index (χ4n) is 1.93. The largest absolute Gasteiger partial charge is 0.478 e. The van der Waals surface area contributed by atoms with Crippen molar-refractivity contribution in [1.29, 1.82) is 0 Å². The molecule has 1 heterocycles. The van der Waals surface area contributed by atoms with Crippen molar-refractivity contribution in [2.75, 3.05) is 42.3 Å². The monoisotopic (exact) mass is 364 g/mol. The van der Waals surface area contributed by atoms with Gasteiger partial charge < -0.3 is 36.4 Å². The molecule has 2 rings (SSSR count). The van der Waals surface area contributed by atoms with E-state index in [1.807, 2.05) is 0 Å². The van der Waals surface area contributed by atoms with Crippen molar-refractivity contribution in [3.8, 4) is 0 Å². The van der Waals surface area contributed by atoms with Gasteiger partial charge in [-0.2, -0.15) is 15.0 Å². The molecule has 0 aliphatic heterocycles. The highest BCUT2D eigenvalue weighted by molar-refractivity contribution is 5.94. The van der Waals surface area contributed by atoms with Gasteiger partial charge in [0, 0.05) is 13.1 Å². The van der Waals surface area contributed by atoms with Crippen molar-refractivity contribution in [1.82, 2.24) is 15.0 Å². The minimum atomic E-state index is -1.11. The zero-order valence-electron chi connectivity index (χ0n) is 13.8. The van der Waals surface area contributed by atoms with Crippen molar-refractivity contribution >= 4 is 29.5 Å². The first-order valence-corrected chi connectivity index (χ1v) is 7.76. The summed E-state index contributed by atoms with van der Waals surface area (Å²) >= 11 is 0. The molecular weight excluding hydrogens is 344 g/mol. The normalized spacial score (nSPS) is 11.7. The highest BCUT2D eigenvalue weighted by atomic mass is 16.4. The molecule has 2 aromatic rings. The molecule has 0 aliphatic rings. The van der Waals surface area contributed by atoms with E-state index >= 15 is 0 Å². The maximum Gasteiger partial charge on any atom is 0.337 e. The third-order valence-corrected chi connectivity index (χ3v) is 3.14. The summed E-state index contributed by atoms with van der Waals surface area (Å²) < 4.78 is 0. The Labute approximate surface area is 148 Å². The number of nitrogens with one attached hydrogen (secondary N) is 3. The van der Waals surface area contributed by atoms with Crippen LogP contribution in [-0.4, -0.2) is 73.8 Å². The second-order valence-electron chi connectivity index (χ2n) is 5.15. The van der Waals surface area contributed by atoms with E-state index in [9.17, 15) is 15.0 Å². The molecular formula is C15H20N6O5. The molecule has 0 spiro atoms. The number of aliphatic hydroxyl groups is 3. The maximum absolute atomic E-state index is 11.3. The summed E-state index contributed by atoms with van der Waals surface area (Å²) in [4.78, 5) is 23.6. The van der Waals surface area contributed by atoms with Gasteiger partial charge in [-0.3, -0.25) is 0 Å². The molecule has 1 unspecified atom stereocenters. The molecule has 140 valence electrons. The first kappa shape index (κ1) is 19.3. The Balaban J connectivity index is 2.27. The molecule has 26 heavy (non-hydrogen) atoms. The number of carboxylic acids is 1. The number of carboxylic acid groups (broad SMARTS) is 1. The fourth-order valence-corrected chi connectivity index (χ4v) is 1.93. The summed E-state index contributed by atoms with van der Waals surface area (Å²) in [5.74, 6) is -0.797. The van der Waals surface area contributed by atoms with Crippen molar-refractivity contribution in [2.45, 2.75) is 6.10 Å². The van der Waals surface area contributed by atoms with E-state index in [2.05, 4.69) is 30.9 Å². The van der Waals surface area contributed by atoms with Crippen LogP contribution in [0.4, 0.5) is 23.5 Å². The van der Waals surface area contributed by atoms with E-state index < -0.39 is 18.7 Å². The molecule has 11 nitrogen and oxygen atoms in total. The Morgan fingerprint density at radius 1 is 1.04 bits per heavy atom. The number of aromatic nitrogens is 3. The van der Waals surface area contributed by atoms with E-state index in [-0.39, 0.29) is 43.1 Å². The number of rotatable bonds is 10. The lowest BCUT2D eigenvalue weighted by atomic mass is 10.2. The van der Waals surface area contributed by atoms with Crippen molar-refractivity contribution in [3.63, 3.8) is 0 Å². The number of aliphatic hydroxyl groups excluding tert-OH is 3. The molecule has 0 bridgehead atoms. The summed E-state index contributed by atoms with van der Waals surface area (Å²) in [7, 11) is 0. The quantitative estimate of drug-likeness (QED) is 0.289. The number of carbonyl (C=O) groups is 1. The predicted octanol–water partition coefficient (Wildman–Crippen LogP) is -0.517. The standard InChI is InChI=1S/C15H20N6O5/c22-6-5-16-13-19-14(17-7-9(24)8-23)21-15(20-13)18-11-4-2-1-3-10(11)12(25)26/h1-4,9,22-24H,5-8H2,(H,25,26)(H3,16,17,18,19,20,21). The molecule has 1 aromatic heterocycles. The summed E-state index contributed by atoms with van der Waals surface area (Å²) in [6.07, 6.45) is -0.996. The number of para-hydroxylation sites is 1. The molecule has 0 aliphatic carbocycles. The van der Waals surface area contributed by atoms with Gasteiger partial charge >= 0.3 is 5.97 Å². The van der Waals surface area contributed by atoms with E-state index in [0.29, 0.717) is 5.69 Å². The van der Waals surface area contributed by atoms with E-state index in [1.165, 1.54) is 6.07 Å². The molecule has 0 amide bonds. The molecule has 7 N–H and O–H groups in total. The van der Waals surface area contributed by atoms with Crippen LogP contribution in [0.1, 0.15) is 10.4 Å². The number of hydrogen-bond donors (Lipinski definition) is 7. The van der Waals surface area contributed by atoms with Gasteiger partial charge in [0.1, 0.15) is 0 Å². The Morgan fingerprint density at radius 3 is 2.35 bits per heavy atom. The van der Waals surface area contributed by atoms with Gasteiger partial charge in [-0.1, -0.05) is 12.1 Å². The van der Waals surface area contributed by atoms with Crippen LogP contribution in [0.25, 0.3) is 0 Å². The van der Waals surface area contributed by atoms with Gasteiger partial charge in [0.15, 0.2) is 0 Å². The van der Waals surface area contributed by atoms with E-state index in [1.54, 1.807) is 18.2 Å². The zero-order chi connectivity index (χ0) is 18.9. The van der Waals surface area contributed by atoms with Crippen LogP contribution in [0, 0.1) is 0 Å². The van der Waals surface area contributed by atoms with Gasteiger partial charge in [0.25, 0.3) is 0 Å². The summed E-state index contributed by atoms with van der Waals surface area (Å²) in [6, 6.07) is 6.27. The van der Waals surface area contributed by atoms with Crippen molar-refractivity contribution < 1.29 is 25.2 Å². The second kappa shape index (κ2) is 9.46. The minimum Gasteiger partial charge on any atom is -0.478 e. The molecule has 11 heteroatoms. The van der Waals surface area contributed by atoms with Gasteiger partial charge in [-0.15, -0.1) is 0 Å². The fraction of sp³-hybridized carbons (Fsp3) is 0.333. The summed E-state index contributed by atoms with van der Waals surface area (Å²) in [6.45, 7) is -0.355. The summed E-state index contributed by atoms with van der Waals surface area (Å²) in [5, 5.41) is 44.8. The van der Waals surface area contributed by atoms with Crippen LogP contribution >= 0.6 is 0 Å². The first-order valence-electron chi connectivity index (χ1n) is 7.76. The zero-order valence-corrected chi connectivity index (χ0v) is 13.8. The van der Waals surface area contributed by atoms with Crippen LogP contribution in [-0.2, 0) is 0 Å². The molecule has 1 aromatic carbocycles. The lowest BCUT2D eigenvalue weighted by molar-refractivity contribution is 0.0698. The van der Waals surface area contributed by atoms with Crippen LogP contribution < -0.4 is 16.0 Å². The lowest BCUT2D eigenvalue weighted by Gasteiger charge is -2.13. The molecule has 0 saturated carbocycles. The van der Waals surface area contributed by atoms with Crippen LogP contribution in [0.3, 0.4) is 0 Å². The average molecular weight is 364 g/mol. The topological polar surface area (TPSA) is 173 Å².